The minimum atomic E-state index is -1.17. The summed E-state index contributed by atoms with van der Waals surface area (Å²) >= 11 is 0. The summed E-state index contributed by atoms with van der Waals surface area (Å²) in [6.07, 6.45) is 0.661. The summed E-state index contributed by atoms with van der Waals surface area (Å²) in [5.74, 6) is 4.58. The van der Waals surface area contributed by atoms with E-state index in [-0.39, 0.29) is 11.5 Å². The Morgan fingerprint density at radius 2 is 2.36 bits per heavy atom. The van der Waals surface area contributed by atoms with Crippen molar-refractivity contribution in [1.82, 2.24) is 15.4 Å². The number of aromatic carboxylic acids is 1. The molecular weight excluding hydrogens is 188 g/mol. The lowest BCUT2D eigenvalue weighted by atomic mass is 10.4. The standard InChI is InChI=1S/C6H12N6O2/c7-2-1-3-12(8)5-4(6(13)14)9-11-10-5/h1-3,7-8H2,(H,13,14)(H,9,10,11). The average molecular weight is 200 g/mol. The van der Waals surface area contributed by atoms with E-state index in [4.69, 9.17) is 16.7 Å². The zero-order valence-electron chi connectivity index (χ0n) is 7.47. The first-order chi connectivity index (χ1) is 6.66. The number of rotatable bonds is 5. The number of aromatic amines is 1. The Morgan fingerprint density at radius 1 is 1.64 bits per heavy atom. The van der Waals surface area contributed by atoms with Crippen LogP contribution in [-0.4, -0.2) is 39.6 Å². The summed E-state index contributed by atoms with van der Waals surface area (Å²) in [6.45, 7) is 0.929. The number of hydrogen-bond acceptors (Lipinski definition) is 6. The molecule has 0 radical (unpaired) electrons. The zero-order valence-corrected chi connectivity index (χ0v) is 7.47. The Kier molecular flexibility index (Phi) is 3.37. The van der Waals surface area contributed by atoms with Gasteiger partial charge in [0.2, 0.25) is 5.69 Å². The Balaban J connectivity index is 2.73. The third kappa shape index (κ3) is 2.18. The second kappa shape index (κ2) is 4.53. The molecule has 0 aliphatic carbocycles. The van der Waals surface area contributed by atoms with Crippen LogP contribution in [0.2, 0.25) is 0 Å². The van der Waals surface area contributed by atoms with E-state index >= 15 is 0 Å². The van der Waals surface area contributed by atoms with Crippen LogP contribution in [0, 0.1) is 0 Å². The molecule has 0 fully saturated rings. The van der Waals surface area contributed by atoms with Gasteiger partial charge in [0.05, 0.1) is 0 Å². The fraction of sp³-hybridized carbons (Fsp3) is 0.500. The highest BCUT2D eigenvalue weighted by Gasteiger charge is 2.17. The Bertz CT molecular complexity index is 311. The number of hydrogen-bond donors (Lipinski definition) is 4. The van der Waals surface area contributed by atoms with Crippen molar-refractivity contribution in [2.45, 2.75) is 6.42 Å². The van der Waals surface area contributed by atoms with Gasteiger partial charge in [-0.15, -0.1) is 5.10 Å². The van der Waals surface area contributed by atoms with Crippen LogP contribution < -0.4 is 16.6 Å². The van der Waals surface area contributed by atoms with E-state index in [0.29, 0.717) is 19.5 Å². The maximum Gasteiger partial charge on any atom is 0.360 e. The van der Waals surface area contributed by atoms with Crippen molar-refractivity contribution in [3.8, 4) is 0 Å². The molecule has 1 rings (SSSR count). The predicted molar refractivity (Wildman–Crippen MR) is 48.5 cm³/mol. The highest BCUT2D eigenvalue weighted by Crippen LogP contribution is 2.10. The van der Waals surface area contributed by atoms with E-state index in [1.807, 2.05) is 0 Å². The topological polar surface area (TPSA) is 134 Å². The molecule has 8 nitrogen and oxygen atoms in total. The van der Waals surface area contributed by atoms with E-state index in [2.05, 4.69) is 15.4 Å². The number of H-pyrrole nitrogens is 1. The molecule has 1 aromatic rings. The fourth-order valence-electron chi connectivity index (χ4n) is 0.940. The van der Waals surface area contributed by atoms with Crippen LogP contribution in [0.5, 0.6) is 0 Å². The molecule has 0 aliphatic rings. The van der Waals surface area contributed by atoms with Crippen LogP contribution in [0.3, 0.4) is 0 Å². The smallest absolute Gasteiger partial charge is 0.360 e. The number of anilines is 1. The van der Waals surface area contributed by atoms with Gasteiger partial charge >= 0.3 is 5.97 Å². The van der Waals surface area contributed by atoms with E-state index in [1.54, 1.807) is 0 Å². The van der Waals surface area contributed by atoms with Gasteiger partial charge in [-0.05, 0) is 13.0 Å². The Morgan fingerprint density at radius 3 is 2.93 bits per heavy atom. The fourth-order valence-corrected chi connectivity index (χ4v) is 0.940. The molecule has 1 aromatic heterocycles. The average Bonchev–Trinajstić information content (AvgIpc) is 2.62. The molecule has 6 N–H and O–H groups in total. The van der Waals surface area contributed by atoms with Crippen molar-refractivity contribution < 1.29 is 9.90 Å². The van der Waals surface area contributed by atoms with Crippen molar-refractivity contribution in [3.63, 3.8) is 0 Å². The molecule has 0 aliphatic heterocycles. The highest BCUT2D eigenvalue weighted by molar-refractivity contribution is 5.90. The third-order valence-corrected chi connectivity index (χ3v) is 1.62. The van der Waals surface area contributed by atoms with Gasteiger partial charge in [0.15, 0.2) is 5.82 Å². The lowest BCUT2D eigenvalue weighted by molar-refractivity contribution is 0.0691. The van der Waals surface area contributed by atoms with Crippen molar-refractivity contribution in [1.29, 1.82) is 0 Å². The highest BCUT2D eigenvalue weighted by atomic mass is 16.4. The number of aromatic nitrogens is 3. The van der Waals surface area contributed by atoms with Crippen LogP contribution in [-0.2, 0) is 0 Å². The van der Waals surface area contributed by atoms with Crippen LogP contribution in [0.4, 0.5) is 5.82 Å². The number of carboxylic acids is 1. The lowest BCUT2D eigenvalue weighted by Gasteiger charge is -2.15. The SMILES string of the molecule is NCCCN(N)c1[nH]nnc1C(=O)O. The first-order valence-electron chi connectivity index (χ1n) is 4.03. The molecule has 0 bridgehead atoms. The molecule has 0 aromatic carbocycles. The molecule has 0 saturated heterocycles. The van der Waals surface area contributed by atoms with Gasteiger partial charge in [0, 0.05) is 6.54 Å². The van der Waals surface area contributed by atoms with Crippen molar-refractivity contribution in [2.75, 3.05) is 18.1 Å². The number of nitrogens with zero attached hydrogens (tertiary/aromatic N) is 3. The maximum atomic E-state index is 10.6. The maximum absolute atomic E-state index is 10.6. The third-order valence-electron chi connectivity index (χ3n) is 1.62. The Labute approximate surface area is 79.8 Å². The summed E-state index contributed by atoms with van der Waals surface area (Å²) in [7, 11) is 0. The molecule has 0 unspecified atom stereocenters. The van der Waals surface area contributed by atoms with Gasteiger partial charge in [0.25, 0.3) is 0 Å². The largest absolute Gasteiger partial charge is 0.476 e. The van der Waals surface area contributed by atoms with Gasteiger partial charge < -0.3 is 10.8 Å². The van der Waals surface area contributed by atoms with Crippen LogP contribution >= 0.6 is 0 Å². The van der Waals surface area contributed by atoms with Gasteiger partial charge in [-0.3, -0.25) is 5.01 Å². The van der Waals surface area contributed by atoms with Crippen molar-refractivity contribution in [3.05, 3.63) is 5.69 Å². The number of carbonyl (C=O) groups is 1. The first-order valence-corrected chi connectivity index (χ1v) is 4.03. The summed E-state index contributed by atoms with van der Waals surface area (Å²) in [6, 6.07) is 0. The van der Waals surface area contributed by atoms with Gasteiger partial charge in [-0.2, -0.15) is 0 Å². The zero-order chi connectivity index (χ0) is 10.6. The monoisotopic (exact) mass is 200 g/mol. The molecule has 0 amide bonds. The number of carboxylic acid groups (broad SMARTS) is 1. The molecule has 14 heavy (non-hydrogen) atoms. The summed E-state index contributed by atoms with van der Waals surface area (Å²) < 4.78 is 0. The second-order valence-electron chi connectivity index (χ2n) is 2.65. The molecule has 8 heteroatoms. The van der Waals surface area contributed by atoms with Crippen molar-refractivity contribution >= 4 is 11.8 Å². The molecule has 0 saturated carbocycles. The minimum absolute atomic E-state index is 0.186. The van der Waals surface area contributed by atoms with E-state index in [1.165, 1.54) is 5.01 Å². The molecule has 78 valence electrons. The summed E-state index contributed by atoms with van der Waals surface area (Å²) in [4.78, 5) is 10.6. The lowest BCUT2D eigenvalue weighted by Crippen LogP contribution is -2.34. The molecular formula is C6H12N6O2. The predicted octanol–water partition coefficient (Wildman–Crippen LogP) is -1.47. The second-order valence-corrected chi connectivity index (χ2v) is 2.65. The summed E-state index contributed by atoms with van der Waals surface area (Å²) in [5, 5.41) is 19.1. The normalized spacial score (nSPS) is 10.1. The van der Waals surface area contributed by atoms with Crippen LogP contribution in [0.15, 0.2) is 0 Å². The molecule has 0 spiro atoms. The van der Waals surface area contributed by atoms with Crippen LogP contribution in [0.25, 0.3) is 0 Å². The van der Waals surface area contributed by atoms with Crippen molar-refractivity contribution in [2.24, 2.45) is 11.6 Å². The quantitative estimate of drug-likeness (QED) is 0.336. The number of nitrogens with one attached hydrogen (secondary N) is 1. The van der Waals surface area contributed by atoms with Gasteiger partial charge in [-0.25, -0.2) is 15.7 Å². The minimum Gasteiger partial charge on any atom is -0.476 e. The first kappa shape index (κ1) is 10.4. The van der Waals surface area contributed by atoms with E-state index in [9.17, 15) is 4.79 Å². The molecule has 1 heterocycles. The number of hydrazine groups is 1. The van der Waals surface area contributed by atoms with Gasteiger partial charge in [-0.1, -0.05) is 5.21 Å². The summed E-state index contributed by atoms with van der Waals surface area (Å²) in [5.41, 5.74) is 5.10. The van der Waals surface area contributed by atoms with Gasteiger partial charge in [0.1, 0.15) is 0 Å². The van der Waals surface area contributed by atoms with E-state index < -0.39 is 5.97 Å². The molecule has 0 atom stereocenters. The van der Waals surface area contributed by atoms with E-state index in [0.717, 1.165) is 0 Å². The van der Waals surface area contributed by atoms with Crippen LogP contribution in [0.1, 0.15) is 16.9 Å². The Hall–Kier alpha value is -1.67. The number of nitrogens with two attached hydrogens (primary N) is 2.